The second-order valence-corrected chi connectivity index (χ2v) is 4.57. The first-order valence-corrected chi connectivity index (χ1v) is 6.65. The molecule has 6 heteroatoms. The number of hydrogen-bond donors (Lipinski definition) is 1. The minimum Gasteiger partial charge on any atom is -0.463 e. The summed E-state index contributed by atoms with van der Waals surface area (Å²) in [6.07, 6.45) is 3.74. The van der Waals surface area contributed by atoms with Gasteiger partial charge in [0.25, 0.3) is 0 Å². The highest BCUT2D eigenvalue weighted by Crippen LogP contribution is 2.18. The molecule has 1 saturated heterocycles. The predicted molar refractivity (Wildman–Crippen MR) is 72.3 cm³/mol. The predicted octanol–water partition coefficient (Wildman–Crippen LogP) is 0.841. The van der Waals surface area contributed by atoms with Gasteiger partial charge in [0, 0.05) is 25.3 Å². The number of esters is 1. The van der Waals surface area contributed by atoms with Crippen LogP contribution in [0.3, 0.4) is 0 Å². The number of carbonyl (C=O) groups is 1. The molecular weight excluding hydrogens is 244 g/mol. The van der Waals surface area contributed by atoms with Crippen molar-refractivity contribution in [1.29, 1.82) is 0 Å². The molecule has 1 aliphatic heterocycles. The van der Waals surface area contributed by atoms with E-state index in [1.165, 1.54) is 7.11 Å². The molecule has 0 saturated carbocycles. The summed E-state index contributed by atoms with van der Waals surface area (Å²) in [4.78, 5) is 22.0. The second kappa shape index (κ2) is 6.47. The van der Waals surface area contributed by atoms with Gasteiger partial charge in [-0.1, -0.05) is 6.92 Å². The molecule has 0 amide bonds. The van der Waals surface area contributed by atoms with Crippen LogP contribution in [0.4, 0.5) is 5.82 Å². The van der Waals surface area contributed by atoms with Crippen LogP contribution in [0.25, 0.3) is 0 Å². The van der Waals surface area contributed by atoms with Crippen molar-refractivity contribution in [3.8, 4) is 0 Å². The second-order valence-electron chi connectivity index (χ2n) is 4.57. The monoisotopic (exact) mass is 264 g/mol. The fraction of sp³-hybridized carbons (Fsp3) is 0.615. The largest absolute Gasteiger partial charge is 0.463 e. The molecule has 1 aromatic heterocycles. The van der Waals surface area contributed by atoms with Crippen molar-refractivity contribution in [2.24, 2.45) is 0 Å². The van der Waals surface area contributed by atoms with Crippen molar-refractivity contribution in [1.82, 2.24) is 15.3 Å². The molecule has 6 nitrogen and oxygen atoms in total. The fourth-order valence-corrected chi connectivity index (χ4v) is 2.33. The first kappa shape index (κ1) is 13.7. The lowest BCUT2D eigenvalue weighted by atomic mass is 10.2. The van der Waals surface area contributed by atoms with E-state index < -0.39 is 5.97 Å². The number of ether oxygens (including phenoxy) is 1. The molecule has 19 heavy (non-hydrogen) atoms. The van der Waals surface area contributed by atoms with Crippen molar-refractivity contribution in [2.45, 2.75) is 25.8 Å². The number of aromatic nitrogens is 2. The summed E-state index contributed by atoms with van der Waals surface area (Å²) in [7, 11) is 1.34. The quantitative estimate of drug-likeness (QED) is 0.795. The highest BCUT2D eigenvalue weighted by molar-refractivity contribution is 5.85. The van der Waals surface area contributed by atoms with Crippen LogP contribution in [-0.4, -0.2) is 48.7 Å². The zero-order valence-corrected chi connectivity index (χ0v) is 11.4. The van der Waals surface area contributed by atoms with Crippen LogP contribution < -0.4 is 10.2 Å². The number of nitrogens with one attached hydrogen (secondary N) is 1. The van der Waals surface area contributed by atoms with Crippen LogP contribution >= 0.6 is 0 Å². The van der Waals surface area contributed by atoms with Crippen LogP contribution in [0.1, 0.15) is 30.4 Å². The maximum Gasteiger partial charge on any atom is 0.376 e. The number of anilines is 1. The van der Waals surface area contributed by atoms with Crippen molar-refractivity contribution in [3.63, 3.8) is 0 Å². The summed E-state index contributed by atoms with van der Waals surface area (Å²) in [5.74, 6) is 0.417. The molecule has 104 valence electrons. The molecular formula is C13H20N4O2. The topological polar surface area (TPSA) is 67.4 Å². The SMILES string of the molecule is CCCN(c1ccnc(C(=O)OC)n1)C1CCNC1. The molecule has 1 N–H and O–H groups in total. The van der Waals surface area contributed by atoms with E-state index in [2.05, 4.69) is 31.8 Å². The molecule has 0 spiro atoms. The van der Waals surface area contributed by atoms with E-state index >= 15 is 0 Å². The Labute approximate surface area is 113 Å². The smallest absolute Gasteiger partial charge is 0.376 e. The van der Waals surface area contributed by atoms with Gasteiger partial charge < -0.3 is 15.0 Å². The summed E-state index contributed by atoms with van der Waals surface area (Å²) in [6.45, 7) is 5.04. The molecule has 1 fully saturated rings. The van der Waals surface area contributed by atoms with Gasteiger partial charge in [-0.15, -0.1) is 0 Å². The Bertz CT molecular complexity index is 432. The minimum atomic E-state index is -0.497. The van der Waals surface area contributed by atoms with Crippen LogP contribution in [0.2, 0.25) is 0 Å². The Kier molecular flexibility index (Phi) is 4.68. The highest BCUT2D eigenvalue weighted by Gasteiger charge is 2.23. The third-order valence-corrected chi connectivity index (χ3v) is 3.24. The van der Waals surface area contributed by atoms with Gasteiger partial charge >= 0.3 is 5.97 Å². The molecule has 1 atom stereocenters. The minimum absolute atomic E-state index is 0.118. The van der Waals surface area contributed by atoms with Crippen molar-refractivity contribution >= 4 is 11.8 Å². The Balaban J connectivity index is 2.22. The molecule has 0 bridgehead atoms. The van der Waals surface area contributed by atoms with E-state index in [0.717, 1.165) is 38.3 Å². The van der Waals surface area contributed by atoms with Crippen molar-refractivity contribution in [3.05, 3.63) is 18.1 Å². The van der Waals surface area contributed by atoms with Gasteiger partial charge in [0.15, 0.2) is 0 Å². The third kappa shape index (κ3) is 3.20. The average molecular weight is 264 g/mol. The number of hydrogen-bond acceptors (Lipinski definition) is 6. The Morgan fingerprint density at radius 3 is 3.11 bits per heavy atom. The van der Waals surface area contributed by atoms with Gasteiger partial charge in [-0.3, -0.25) is 0 Å². The maximum absolute atomic E-state index is 11.5. The average Bonchev–Trinajstić information content (AvgIpc) is 2.98. The van der Waals surface area contributed by atoms with Gasteiger partial charge in [-0.25, -0.2) is 14.8 Å². The van der Waals surface area contributed by atoms with E-state index in [0.29, 0.717) is 6.04 Å². The Morgan fingerprint density at radius 2 is 2.47 bits per heavy atom. The van der Waals surface area contributed by atoms with E-state index in [1.807, 2.05) is 6.07 Å². The van der Waals surface area contributed by atoms with E-state index in [1.54, 1.807) is 6.20 Å². The van der Waals surface area contributed by atoms with E-state index in [9.17, 15) is 4.79 Å². The summed E-state index contributed by atoms with van der Waals surface area (Å²) in [5.41, 5.74) is 0. The van der Waals surface area contributed by atoms with Gasteiger partial charge in [0.1, 0.15) is 5.82 Å². The lowest BCUT2D eigenvalue weighted by Crippen LogP contribution is -2.38. The molecule has 0 radical (unpaired) electrons. The molecule has 2 rings (SSSR count). The summed E-state index contributed by atoms with van der Waals surface area (Å²) in [5, 5.41) is 3.35. The Hall–Kier alpha value is -1.69. The van der Waals surface area contributed by atoms with Gasteiger partial charge in [0.2, 0.25) is 5.82 Å². The summed E-state index contributed by atoms with van der Waals surface area (Å²) in [6, 6.07) is 2.28. The maximum atomic E-state index is 11.5. The zero-order valence-electron chi connectivity index (χ0n) is 11.4. The molecule has 1 aromatic rings. The van der Waals surface area contributed by atoms with Crippen molar-refractivity contribution in [2.75, 3.05) is 31.6 Å². The van der Waals surface area contributed by atoms with Crippen LogP contribution in [0, 0.1) is 0 Å². The first-order valence-electron chi connectivity index (χ1n) is 6.65. The van der Waals surface area contributed by atoms with Gasteiger partial charge in [0.05, 0.1) is 7.11 Å². The summed E-state index contributed by atoms with van der Waals surface area (Å²) < 4.78 is 4.66. The molecule has 2 heterocycles. The highest BCUT2D eigenvalue weighted by atomic mass is 16.5. The van der Waals surface area contributed by atoms with Crippen LogP contribution in [0.5, 0.6) is 0 Å². The molecule has 0 aliphatic carbocycles. The third-order valence-electron chi connectivity index (χ3n) is 3.24. The lowest BCUT2D eigenvalue weighted by molar-refractivity contribution is 0.0586. The van der Waals surface area contributed by atoms with Crippen molar-refractivity contribution < 1.29 is 9.53 Å². The number of rotatable bonds is 5. The number of nitrogens with zero attached hydrogens (tertiary/aromatic N) is 3. The zero-order chi connectivity index (χ0) is 13.7. The number of carbonyl (C=O) groups excluding carboxylic acids is 1. The lowest BCUT2D eigenvalue weighted by Gasteiger charge is -2.29. The van der Waals surface area contributed by atoms with E-state index in [4.69, 9.17) is 0 Å². The fourth-order valence-electron chi connectivity index (χ4n) is 2.33. The van der Waals surface area contributed by atoms with Crippen LogP contribution in [-0.2, 0) is 4.74 Å². The van der Waals surface area contributed by atoms with Crippen LogP contribution in [0.15, 0.2) is 12.3 Å². The standard InChI is InChI=1S/C13H20N4O2/c1-3-8-17(10-4-6-14-9-10)11-5-7-15-12(16-11)13(18)19-2/h5,7,10,14H,3-4,6,8-9H2,1-2H3. The van der Waals surface area contributed by atoms with Gasteiger partial charge in [-0.2, -0.15) is 0 Å². The molecule has 0 aromatic carbocycles. The number of methoxy groups -OCH3 is 1. The van der Waals surface area contributed by atoms with E-state index in [-0.39, 0.29) is 5.82 Å². The first-order chi connectivity index (χ1) is 9.26. The van der Waals surface area contributed by atoms with Gasteiger partial charge in [-0.05, 0) is 25.5 Å². The summed E-state index contributed by atoms with van der Waals surface area (Å²) >= 11 is 0. The Morgan fingerprint density at radius 1 is 1.63 bits per heavy atom. The normalized spacial score (nSPS) is 18.3. The molecule has 1 aliphatic rings. The molecule has 1 unspecified atom stereocenters.